The molecule has 2 aromatic rings. The molecule has 7 heteroatoms. The van der Waals surface area contributed by atoms with Crippen molar-refractivity contribution in [3.05, 3.63) is 64.1 Å². The van der Waals surface area contributed by atoms with E-state index in [0.29, 0.717) is 21.1 Å². The SMILES string of the molecule is COc1ccc(C(=O)COC(=O)c2cc[n+]([O-])cc2)cc1Cl. The van der Waals surface area contributed by atoms with Gasteiger partial charge in [0.1, 0.15) is 5.75 Å². The molecule has 0 aliphatic heterocycles. The lowest BCUT2D eigenvalue weighted by Crippen LogP contribution is -2.24. The number of benzene rings is 1. The molecule has 6 nitrogen and oxygen atoms in total. The molecule has 0 spiro atoms. The lowest BCUT2D eigenvalue weighted by atomic mass is 10.1. The summed E-state index contributed by atoms with van der Waals surface area (Å²) in [6, 6.07) is 7.15. The van der Waals surface area contributed by atoms with Gasteiger partial charge in [0.15, 0.2) is 24.8 Å². The first kappa shape index (κ1) is 15.8. The molecule has 0 unspecified atom stereocenters. The van der Waals surface area contributed by atoms with Gasteiger partial charge in [0, 0.05) is 17.7 Å². The average molecular weight is 322 g/mol. The van der Waals surface area contributed by atoms with Gasteiger partial charge in [0.25, 0.3) is 0 Å². The third-order valence-corrected chi connectivity index (χ3v) is 3.14. The molecule has 0 aliphatic carbocycles. The lowest BCUT2D eigenvalue weighted by molar-refractivity contribution is -0.605. The van der Waals surface area contributed by atoms with E-state index in [1.54, 1.807) is 6.07 Å². The minimum absolute atomic E-state index is 0.188. The van der Waals surface area contributed by atoms with Crippen LogP contribution in [0.25, 0.3) is 0 Å². The number of ketones is 1. The maximum atomic E-state index is 12.0. The van der Waals surface area contributed by atoms with Crippen LogP contribution in [-0.4, -0.2) is 25.5 Å². The van der Waals surface area contributed by atoms with Crippen molar-refractivity contribution >= 4 is 23.4 Å². The summed E-state index contributed by atoms with van der Waals surface area (Å²) in [5.41, 5.74) is 0.497. The van der Waals surface area contributed by atoms with E-state index in [0.717, 1.165) is 0 Å². The molecule has 114 valence electrons. The van der Waals surface area contributed by atoms with Gasteiger partial charge in [-0.3, -0.25) is 4.79 Å². The van der Waals surface area contributed by atoms with Gasteiger partial charge in [-0.05, 0) is 18.2 Å². The molecule has 0 fully saturated rings. The molecule has 0 amide bonds. The minimum Gasteiger partial charge on any atom is -0.619 e. The van der Waals surface area contributed by atoms with Crippen molar-refractivity contribution in [1.82, 2.24) is 0 Å². The number of hydrogen-bond donors (Lipinski definition) is 0. The quantitative estimate of drug-likeness (QED) is 0.364. The summed E-state index contributed by atoms with van der Waals surface area (Å²) in [4.78, 5) is 23.7. The van der Waals surface area contributed by atoms with E-state index in [4.69, 9.17) is 21.1 Å². The Hall–Kier alpha value is -2.60. The van der Waals surface area contributed by atoms with Crippen LogP contribution in [0.3, 0.4) is 0 Å². The molecule has 0 atom stereocenters. The Labute approximate surface area is 131 Å². The summed E-state index contributed by atoms with van der Waals surface area (Å²) >= 11 is 5.93. The number of Topliss-reactive ketones (excluding diaryl/α,β-unsaturated/α-hetero) is 1. The summed E-state index contributed by atoms with van der Waals surface area (Å²) in [6.07, 6.45) is 2.34. The summed E-state index contributed by atoms with van der Waals surface area (Å²) < 4.78 is 10.4. The van der Waals surface area contributed by atoms with Gasteiger partial charge in [-0.2, -0.15) is 4.73 Å². The zero-order chi connectivity index (χ0) is 16.1. The largest absolute Gasteiger partial charge is 0.619 e. The van der Waals surface area contributed by atoms with Gasteiger partial charge in [-0.1, -0.05) is 11.6 Å². The highest BCUT2D eigenvalue weighted by molar-refractivity contribution is 6.32. The van der Waals surface area contributed by atoms with Crippen LogP contribution < -0.4 is 9.47 Å². The van der Waals surface area contributed by atoms with E-state index < -0.39 is 18.4 Å². The molecule has 1 aromatic carbocycles. The number of ether oxygens (including phenoxy) is 2. The van der Waals surface area contributed by atoms with E-state index >= 15 is 0 Å². The normalized spacial score (nSPS) is 10.1. The van der Waals surface area contributed by atoms with E-state index in [9.17, 15) is 14.8 Å². The minimum atomic E-state index is -0.687. The number of hydrogen-bond acceptors (Lipinski definition) is 5. The van der Waals surface area contributed by atoms with Crippen LogP contribution in [0.2, 0.25) is 5.02 Å². The van der Waals surface area contributed by atoms with Gasteiger partial charge < -0.3 is 14.7 Å². The Bertz CT molecular complexity index is 700. The third-order valence-electron chi connectivity index (χ3n) is 2.85. The number of esters is 1. The first-order chi connectivity index (χ1) is 10.5. The highest BCUT2D eigenvalue weighted by atomic mass is 35.5. The number of carbonyl (C=O) groups is 2. The molecule has 1 heterocycles. The molecule has 0 radical (unpaired) electrons. The molecule has 0 aliphatic rings. The van der Waals surface area contributed by atoms with Crippen molar-refractivity contribution in [1.29, 1.82) is 0 Å². The number of carbonyl (C=O) groups excluding carboxylic acids is 2. The van der Waals surface area contributed by atoms with Gasteiger partial charge in [0.2, 0.25) is 0 Å². The summed E-state index contributed by atoms with van der Waals surface area (Å²) in [7, 11) is 1.47. The van der Waals surface area contributed by atoms with Crippen molar-refractivity contribution in [2.75, 3.05) is 13.7 Å². The van der Waals surface area contributed by atoms with E-state index in [-0.39, 0.29) is 5.56 Å². The van der Waals surface area contributed by atoms with E-state index in [1.165, 1.54) is 43.8 Å². The molecule has 22 heavy (non-hydrogen) atoms. The number of methoxy groups -OCH3 is 1. The Kier molecular flexibility index (Phi) is 4.95. The Morgan fingerprint density at radius 1 is 1.18 bits per heavy atom. The highest BCUT2D eigenvalue weighted by Gasteiger charge is 2.14. The van der Waals surface area contributed by atoms with Crippen molar-refractivity contribution in [3.8, 4) is 5.75 Å². The van der Waals surface area contributed by atoms with Gasteiger partial charge in [0.05, 0.1) is 17.7 Å². The maximum absolute atomic E-state index is 12.0. The number of rotatable bonds is 5. The molecular weight excluding hydrogens is 310 g/mol. The van der Waals surface area contributed by atoms with Gasteiger partial charge >= 0.3 is 5.97 Å². The maximum Gasteiger partial charge on any atom is 0.339 e. The predicted octanol–water partition coefficient (Wildman–Crippen LogP) is 2.02. The molecule has 0 bridgehead atoms. The van der Waals surface area contributed by atoms with Gasteiger partial charge in [-0.15, -0.1) is 0 Å². The fraction of sp³-hybridized carbons (Fsp3) is 0.133. The second kappa shape index (κ2) is 6.91. The van der Waals surface area contributed by atoms with Gasteiger partial charge in [-0.25, -0.2) is 4.79 Å². The van der Waals surface area contributed by atoms with Crippen LogP contribution in [0, 0.1) is 5.21 Å². The lowest BCUT2D eigenvalue weighted by Gasteiger charge is -2.06. The number of halogens is 1. The van der Waals surface area contributed by atoms with Crippen LogP contribution in [0.15, 0.2) is 42.7 Å². The highest BCUT2D eigenvalue weighted by Crippen LogP contribution is 2.25. The van der Waals surface area contributed by atoms with E-state index in [2.05, 4.69) is 0 Å². The fourth-order valence-corrected chi connectivity index (χ4v) is 1.94. The molecule has 2 rings (SSSR count). The second-order valence-corrected chi connectivity index (χ2v) is 4.70. The predicted molar refractivity (Wildman–Crippen MR) is 78.0 cm³/mol. The first-order valence-corrected chi connectivity index (χ1v) is 6.61. The first-order valence-electron chi connectivity index (χ1n) is 6.24. The van der Waals surface area contributed by atoms with Crippen LogP contribution >= 0.6 is 11.6 Å². The second-order valence-electron chi connectivity index (χ2n) is 4.30. The molecule has 0 N–H and O–H groups in total. The Balaban J connectivity index is 1.99. The Morgan fingerprint density at radius 3 is 2.45 bits per heavy atom. The average Bonchev–Trinajstić information content (AvgIpc) is 2.52. The monoisotopic (exact) mass is 321 g/mol. The summed E-state index contributed by atoms with van der Waals surface area (Å²) in [5, 5.41) is 11.2. The smallest absolute Gasteiger partial charge is 0.339 e. The molecule has 1 aromatic heterocycles. The van der Waals surface area contributed by atoms with Crippen LogP contribution in [0.5, 0.6) is 5.75 Å². The summed E-state index contributed by atoms with van der Waals surface area (Å²) in [6.45, 7) is -0.423. The number of pyridine rings is 1. The zero-order valence-electron chi connectivity index (χ0n) is 11.6. The van der Waals surface area contributed by atoms with Crippen molar-refractivity contribution in [2.45, 2.75) is 0 Å². The zero-order valence-corrected chi connectivity index (χ0v) is 12.4. The number of aromatic nitrogens is 1. The fourth-order valence-electron chi connectivity index (χ4n) is 1.69. The van der Waals surface area contributed by atoms with E-state index in [1.807, 2.05) is 0 Å². The molecular formula is C15H12ClNO5. The van der Waals surface area contributed by atoms with Crippen molar-refractivity contribution in [3.63, 3.8) is 0 Å². The molecule has 0 saturated heterocycles. The third kappa shape index (κ3) is 3.73. The standard InChI is InChI=1S/C15H12ClNO5/c1-21-14-3-2-11(8-12(14)16)13(18)9-22-15(19)10-4-6-17(20)7-5-10/h2-8H,9H2,1H3. The van der Waals surface area contributed by atoms with Crippen LogP contribution in [-0.2, 0) is 4.74 Å². The molecule has 0 saturated carbocycles. The number of nitrogens with zero attached hydrogens (tertiary/aromatic N) is 1. The van der Waals surface area contributed by atoms with Crippen LogP contribution in [0.1, 0.15) is 20.7 Å². The Morgan fingerprint density at radius 2 is 1.86 bits per heavy atom. The van der Waals surface area contributed by atoms with Crippen molar-refractivity contribution in [2.24, 2.45) is 0 Å². The van der Waals surface area contributed by atoms with Crippen LogP contribution in [0.4, 0.5) is 0 Å². The summed E-state index contributed by atoms with van der Waals surface area (Å²) in [5.74, 6) is -0.633. The topological polar surface area (TPSA) is 79.5 Å². The van der Waals surface area contributed by atoms with Crippen molar-refractivity contribution < 1.29 is 23.8 Å².